The van der Waals surface area contributed by atoms with Gasteiger partial charge in [-0.05, 0) is 56.1 Å². The van der Waals surface area contributed by atoms with Gasteiger partial charge in [-0.2, -0.15) is 0 Å². The minimum atomic E-state index is -0.557. The van der Waals surface area contributed by atoms with Crippen LogP contribution >= 0.6 is 0 Å². The highest BCUT2D eigenvalue weighted by Gasteiger charge is 2.39. The summed E-state index contributed by atoms with van der Waals surface area (Å²) in [6.07, 6.45) is 2.89. The molecule has 138 valence electrons. The first-order valence-electron chi connectivity index (χ1n) is 9.26. The van der Waals surface area contributed by atoms with Crippen LogP contribution in [0.3, 0.4) is 0 Å². The number of fused-ring (bicyclic) bond motifs is 1. The van der Waals surface area contributed by atoms with Crippen LogP contribution in [0.1, 0.15) is 41.6 Å². The molecule has 0 aliphatic carbocycles. The molecule has 1 aromatic carbocycles. The van der Waals surface area contributed by atoms with E-state index in [1.54, 1.807) is 4.90 Å². The predicted molar refractivity (Wildman–Crippen MR) is 96.8 cm³/mol. The number of rotatable bonds is 3. The zero-order valence-corrected chi connectivity index (χ0v) is 15.0. The van der Waals surface area contributed by atoms with Crippen molar-refractivity contribution in [3.63, 3.8) is 0 Å². The van der Waals surface area contributed by atoms with Crippen molar-refractivity contribution in [3.05, 3.63) is 29.3 Å². The Kier molecular flexibility index (Phi) is 4.40. The van der Waals surface area contributed by atoms with Crippen LogP contribution in [-0.2, 0) is 16.1 Å². The third kappa shape index (κ3) is 2.96. The average Bonchev–Trinajstić information content (AvgIpc) is 2.98. The largest absolute Gasteiger partial charge is 0.372 e. The molecular formula is C19H24N4O3. The molecule has 3 heterocycles. The summed E-state index contributed by atoms with van der Waals surface area (Å²) in [5.41, 5.74) is 2.73. The number of nitrogens with zero attached hydrogens (tertiary/aromatic N) is 2. The van der Waals surface area contributed by atoms with Gasteiger partial charge in [-0.3, -0.25) is 19.7 Å². The Balaban J connectivity index is 1.53. The maximum atomic E-state index is 12.7. The second-order valence-corrected chi connectivity index (χ2v) is 7.33. The molecule has 0 radical (unpaired) electrons. The van der Waals surface area contributed by atoms with Crippen molar-refractivity contribution in [3.8, 4) is 0 Å². The lowest BCUT2D eigenvalue weighted by Gasteiger charge is -2.33. The fourth-order valence-corrected chi connectivity index (χ4v) is 4.19. The molecule has 4 rings (SSSR count). The normalized spacial score (nSPS) is 23.8. The molecule has 3 amide bonds. The van der Waals surface area contributed by atoms with Gasteiger partial charge >= 0.3 is 0 Å². The average molecular weight is 356 g/mol. The quantitative estimate of drug-likeness (QED) is 0.777. The van der Waals surface area contributed by atoms with Crippen LogP contribution in [0.2, 0.25) is 0 Å². The summed E-state index contributed by atoms with van der Waals surface area (Å²) in [5, 5.41) is 5.72. The van der Waals surface area contributed by atoms with E-state index >= 15 is 0 Å². The molecule has 0 spiro atoms. The SMILES string of the molecule is CN(c1ccc2c(c1)CN(C1CCC(=O)NC1=O)C2=O)C1CCNCC1. The second kappa shape index (κ2) is 6.72. The fourth-order valence-electron chi connectivity index (χ4n) is 4.19. The van der Waals surface area contributed by atoms with Gasteiger partial charge in [0.2, 0.25) is 11.8 Å². The van der Waals surface area contributed by atoms with Gasteiger partial charge in [-0.1, -0.05) is 0 Å². The van der Waals surface area contributed by atoms with Gasteiger partial charge in [0.1, 0.15) is 6.04 Å². The number of hydrogen-bond donors (Lipinski definition) is 2. The molecule has 2 saturated heterocycles. The Morgan fingerprint density at radius 1 is 1.12 bits per heavy atom. The Labute approximate surface area is 152 Å². The van der Waals surface area contributed by atoms with Gasteiger partial charge in [0.25, 0.3) is 5.91 Å². The molecule has 7 heteroatoms. The number of benzene rings is 1. The highest BCUT2D eigenvalue weighted by atomic mass is 16.2. The van der Waals surface area contributed by atoms with E-state index < -0.39 is 6.04 Å². The number of carbonyl (C=O) groups is 3. The molecule has 1 aromatic rings. The van der Waals surface area contributed by atoms with Gasteiger partial charge < -0.3 is 15.1 Å². The summed E-state index contributed by atoms with van der Waals surface area (Å²) in [7, 11) is 2.10. The van der Waals surface area contributed by atoms with E-state index in [2.05, 4.69) is 28.6 Å². The van der Waals surface area contributed by atoms with E-state index in [0.29, 0.717) is 24.6 Å². The Morgan fingerprint density at radius 3 is 2.62 bits per heavy atom. The van der Waals surface area contributed by atoms with Gasteiger partial charge in [-0.25, -0.2) is 0 Å². The summed E-state index contributed by atoms with van der Waals surface area (Å²) in [6, 6.07) is 5.88. The molecule has 1 unspecified atom stereocenters. The molecule has 1 atom stereocenters. The minimum absolute atomic E-state index is 0.120. The van der Waals surface area contributed by atoms with Crippen molar-refractivity contribution >= 4 is 23.4 Å². The molecular weight excluding hydrogens is 332 g/mol. The topological polar surface area (TPSA) is 81.8 Å². The number of piperidine rings is 2. The smallest absolute Gasteiger partial charge is 0.255 e. The number of nitrogens with one attached hydrogen (secondary N) is 2. The molecule has 7 nitrogen and oxygen atoms in total. The molecule has 0 saturated carbocycles. The van der Waals surface area contributed by atoms with Gasteiger partial charge in [0.05, 0.1) is 0 Å². The van der Waals surface area contributed by atoms with E-state index in [-0.39, 0.29) is 24.1 Å². The van der Waals surface area contributed by atoms with E-state index in [9.17, 15) is 14.4 Å². The molecule has 2 fully saturated rings. The fraction of sp³-hybridized carbons (Fsp3) is 0.526. The lowest BCUT2D eigenvalue weighted by Crippen LogP contribution is -2.52. The number of amides is 3. The first-order chi connectivity index (χ1) is 12.5. The molecule has 3 aliphatic rings. The summed E-state index contributed by atoms with van der Waals surface area (Å²) in [4.78, 5) is 40.1. The number of imide groups is 1. The molecule has 0 bridgehead atoms. The van der Waals surface area contributed by atoms with Crippen LogP contribution in [0.15, 0.2) is 18.2 Å². The predicted octanol–water partition coefficient (Wildman–Crippen LogP) is 0.636. The molecule has 3 aliphatic heterocycles. The summed E-state index contributed by atoms with van der Waals surface area (Å²) in [5.74, 6) is -0.749. The van der Waals surface area contributed by atoms with Crippen LogP contribution in [0.25, 0.3) is 0 Å². The van der Waals surface area contributed by atoms with Crippen molar-refractivity contribution in [2.24, 2.45) is 0 Å². The first-order valence-corrected chi connectivity index (χ1v) is 9.26. The molecule has 26 heavy (non-hydrogen) atoms. The Morgan fingerprint density at radius 2 is 1.88 bits per heavy atom. The minimum Gasteiger partial charge on any atom is -0.372 e. The third-order valence-corrected chi connectivity index (χ3v) is 5.77. The van der Waals surface area contributed by atoms with Crippen molar-refractivity contribution in [1.29, 1.82) is 0 Å². The zero-order chi connectivity index (χ0) is 18.3. The summed E-state index contributed by atoms with van der Waals surface area (Å²) >= 11 is 0. The van der Waals surface area contributed by atoms with Crippen molar-refractivity contribution < 1.29 is 14.4 Å². The maximum absolute atomic E-state index is 12.7. The van der Waals surface area contributed by atoms with Crippen molar-refractivity contribution in [1.82, 2.24) is 15.5 Å². The van der Waals surface area contributed by atoms with Crippen LogP contribution in [0.5, 0.6) is 0 Å². The molecule has 2 N–H and O–H groups in total. The van der Waals surface area contributed by atoms with Crippen LogP contribution in [0.4, 0.5) is 5.69 Å². The molecule has 0 aromatic heterocycles. The standard InChI is InChI=1S/C19H24N4O3/c1-22(13-6-8-20-9-7-13)14-2-3-15-12(10-14)11-23(19(15)26)16-4-5-17(24)21-18(16)25/h2-3,10,13,16,20H,4-9,11H2,1H3,(H,21,24,25). The third-order valence-electron chi connectivity index (χ3n) is 5.77. The van der Waals surface area contributed by atoms with Crippen LogP contribution < -0.4 is 15.5 Å². The van der Waals surface area contributed by atoms with Gasteiger partial charge in [0.15, 0.2) is 0 Å². The number of hydrogen-bond acceptors (Lipinski definition) is 5. The zero-order valence-electron chi connectivity index (χ0n) is 15.0. The maximum Gasteiger partial charge on any atom is 0.255 e. The highest BCUT2D eigenvalue weighted by Crippen LogP contribution is 2.31. The van der Waals surface area contributed by atoms with E-state index in [0.717, 1.165) is 37.2 Å². The monoisotopic (exact) mass is 356 g/mol. The Hall–Kier alpha value is -2.41. The van der Waals surface area contributed by atoms with Crippen molar-refractivity contribution in [2.45, 2.75) is 44.3 Å². The number of carbonyl (C=O) groups excluding carboxylic acids is 3. The van der Waals surface area contributed by atoms with E-state index in [1.165, 1.54) is 0 Å². The van der Waals surface area contributed by atoms with Gasteiger partial charge in [0, 0.05) is 37.3 Å². The summed E-state index contributed by atoms with van der Waals surface area (Å²) in [6.45, 7) is 2.48. The second-order valence-electron chi connectivity index (χ2n) is 7.33. The van der Waals surface area contributed by atoms with Crippen LogP contribution in [-0.4, -0.2) is 54.8 Å². The first kappa shape index (κ1) is 17.0. The Bertz CT molecular complexity index is 757. The van der Waals surface area contributed by atoms with Crippen molar-refractivity contribution in [2.75, 3.05) is 25.0 Å². The van der Waals surface area contributed by atoms with Crippen LogP contribution in [0, 0.1) is 0 Å². The van der Waals surface area contributed by atoms with Gasteiger partial charge in [-0.15, -0.1) is 0 Å². The van der Waals surface area contributed by atoms with E-state index in [1.807, 2.05) is 12.1 Å². The number of anilines is 1. The van der Waals surface area contributed by atoms with E-state index in [4.69, 9.17) is 0 Å². The lowest BCUT2D eigenvalue weighted by atomic mass is 10.0. The summed E-state index contributed by atoms with van der Waals surface area (Å²) < 4.78 is 0. The highest BCUT2D eigenvalue weighted by molar-refractivity contribution is 6.05. The lowest BCUT2D eigenvalue weighted by molar-refractivity contribution is -0.136.